The molecule has 1 nitrogen and oxygen atoms in total. The van der Waals surface area contributed by atoms with E-state index in [1.165, 1.54) is 75.8 Å². The highest BCUT2D eigenvalue weighted by Crippen LogP contribution is 2.65. The zero-order valence-corrected chi connectivity index (χ0v) is 32.5. The number of benzene rings is 9. The molecule has 2 heteroatoms. The van der Waals surface area contributed by atoms with Gasteiger partial charge in [0.05, 0.1) is 10.8 Å². The fraction of sp³-hybridized carbons (Fsp3) is 0.0357. The Morgan fingerprint density at radius 1 is 0.293 bits per heavy atom. The van der Waals surface area contributed by atoms with Gasteiger partial charge in [-0.2, -0.15) is 0 Å². The quantitative estimate of drug-likeness (QED) is 0.169. The van der Waals surface area contributed by atoms with Crippen LogP contribution in [0.25, 0.3) is 31.3 Å². The van der Waals surface area contributed by atoms with Crippen LogP contribution in [-0.2, 0) is 10.8 Å². The van der Waals surface area contributed by atoms with E-state index in [0.717, 1.165) is 17.1 Å². The largest absolute Gasteiger partial charge is 0.310 e. The predicted octanol–water partition coefficient (Wildman–Crippen LogP) is 14.6. The molecule has 0 aliphatic heterocycles. The molecule has 0 saturated heterocycles. The number of thiophene rings is 1. The summed E-state index contributed by atoms with van der Waals surface area (Å²) in [6, 6.07) is 83.8. The summed E-state index contributed by atoms with van der Waals surface area (Å²) in [7, 11) is 0. The molecule has 1 aromatic heterocycles. The van der Waals surface area contributed by atoms with Crippen molar-refractivity contribution in [2.24, 2.45) is 0 Å². The van der Waals surface area contributed by atoms with Crippen molar-refractivity contribution in [2.75, 3.05) is 4.90 Å². The molecule has 272 valence electrons. The Hall–Kier alpha value is -7.00. The Balaban J connectivity index is 1.17. The van der Waals surface area contributed by atoms with Gasteiger partial charge in [0.25, 0.3) is 0 Å². The molecule has 1 heterocycles. The third kappa shape index (κ3) is 4.47. The molecular formula is C56H37NS. The Labute approximate surface area is 342 Å². The second-order valence-electron chi connectivity index (χ2n) is 15.5. The van der Waals surface area contributed by atoms with Crippen LogP contribution in [0.5, 0.6) is 0 Å². The molecule has 2 aliphatic carbocycles. The van der Waals surface area contributed by atoms with E-state index in [1.807, 2.05) is 11.3 Å². The minimum Gasteiger partial charge on any atom is -0.310 e. The van der Waals surface area contributed by atoms with Crippen LogP contribution in [0.3, 0.4) is 0 Å². The first-order valence-electron chi connectivity index (χ1n) is 20.1. The van der Waals surface area contributed by atoms with Crippen molar-refractivity contribution >= 4 is 48.6 Å². The van der Waals surface area contributed by atoms with Gasteiger partial charge in [0.15, 0.2) is 0 Å². The zero-order chi connectivity index (χ0) is 38.3. The summed E-state index contributed by atoms with van der Waals surface area (Å²) in [5, 5.41) is 2.62. The fourth-order valence-electron chi connectivity index (χ4n) is 10.6. The number of hydrogen-bond acceptors (Lipinski definition) is 2. The van der Waals surface area contributed by atoms with Crippen molar-refractivity contribution in [1.29, 1.82) is 0 Å². The molecular weight excluding hydrogens is 719 g/mol. The number of fused-ring (bicyclic) bond motifs is 12. The van der Waals surface area contributed by atoms with Gasteiger partial charge in [-0.1, -0.05) is 182 Å². The van der Waals surface area contributed by atoms with Crippen LogP contribution in [0.15, 0.2) is 224 Å². The number of para-hydroxylation sites is 1. The summed E-state index contributed by atoms with van der Waals surface area (Å²) in [6.07, 6.45) is 0. The maximum Gasteiger partial charge on any atom is 0.0720 e. The lowest BCUT2D eigenvalue weighted by atomic mass is 9.51. The molecule has 10 aromatic rings. The highest BCUT2D eigenvalue weighted by Gasteiger charge is 2.56. The molecule has 0 fully saturated rings. The molecule has 0 unspecified atom stereocenters. The lowest BCUT2D eigenvalue weighted by Gasteiger charge is -2.50. The van der Waals surface area contributed by atoms with Crippen molar-refractivity contribution in [3.05, 3.63) is 269 Å². The van der Waals surface area contributed by atoms with Gasteiger partial charge in [0, 0.05) is 37.2 Å². The number of nitrogens with zero attached hydrogens (tertiary/aromatic N) is 1. The van der Waals surface area contributed by atoms with Crippen molar-refractivity contribution in [3.63, 3.8) is 0 Å². The minimum atomic E-state index is -0.569. The maximum absolute atomic E-state index is 2.50. The monoisotopic (exact) mass is 755 g/mol. The lowest BCUT2D eigenvalue weighted by Crippen LogP contribution is -2.44. The van der Waals surface area contributed by atoms with E-state index in [-0.39, 0.29) is 0 Å². The molecule has 12 rings (SSSR count). The van der Waals surface area contributed by atoms with Crippen molar-refractivity contribution in [3.8, 4) is 11.1 Å². The number of rotatable bonds is 5. The highest BCUT2D eigenvalue weighted by atomic mass is 32.1. The predicted molar refractivity (Wildman–Crippen MR) is 243 cm³/mol. The van der Waals surface area contributed by atoms with Crippen LogP contribution in [0.1, 0.15) is 44.5 Å². The molecule has 9 aromatic carbocycles. The summed E-state index contributed by atoms with van der Waals surface area (Å²) < 4.78 is 2.60. The number of anilines is 3. The molecule has 0 atom stereocenters. The van der Waals surface area contributed by atoms with E-state index in [4.69, 9.17) is 0 Å². The van der Waals surface area contributed by atoms with Crippen LogP contribution in [0.2, 0.25) is 0 Å². The highest BCUT2D eigenvalue weighted by molar-refractivity contribution is 7.25. The third-order valence-electron chi connectivity index (χ3n) is 12.8. The molecule has 0 amide bonds. The molecule has 2 aliphatic rings. The van der Waals surface area contributed by atoms with Crippen LogP contribution in [0, 0.1) is 0 Å². The van der Waals surface area contributed by atoms with Crippen molar-refractivity contribution < 1.29 is 0 Å². The van der Waals surface area contributed by atoms with Crippen LogP contribution in [0.4, 0.5) is 17.1 Å². The topological polar surface area (TPSA) is 3.24 Å². The van der Waals surface area contributed by atoms with Crippen molar-refractivity contribution in [2.45, 2.75) is 10.8 Å². The summed E-state index contributed by atoms with van der Waals surface area (Å²) in [4.78, 5) is 2.44. The van der Waals surface area contributed by atoms with Gasteiger partial charge < -0.3 is 4.90 Å². The van der Waals surface area contributed by atoms with E-state index in [2.05, 4.69) is 229 Å². The smallest absolute Gasteiger partial charge is 0.0720 e. The molecule has 0 saturated carbocycles. The first kappa shape index (κ1) is 33.2. The van der Waals surface area contributed by atoms with Gasteiger partial charge in [0.1, 0.15) is 0 Å². The first-order chi connectivity index (χ1) is 28.8. The summed E-state index contributed by atoms with van der Waals surface area (Å²) in [5.74, 6) is 0. The summed E-state index contributed by atoms with van der Waals surface area (Å²) >= 11 is 1.87. The summed E-state index contributed by atoms with van der Waals surface area (Å²) in [6.45, 7) is 0. The second kappa shape index (κ2) is 12.8. The average molecular weight is 756 g/mol. The molecule has 0 radical (unpaired) electrons. The Morgan fingerprint density at radius 2 is 0.759 bits per heavy atom. The van der Waals surface area contributed by atoms with Crippen LogP contribution in [-0.4, -0.2) is 0 Å². The Kier molecular flexibility index (Phi) is 7.30. The van der Waals surface area contributed by atoms with Gasteiger partial charge in [0.2, 0.25) is 0 Å². The Bertz CT molecular complexity index is 3090. The Morgan fingerprint density at radius 3 is 1.41 bits per heavy atom. The average Bonchev–Trinajstić information content (AvgIpc) is 3.81. The van der Waals surface area contributed by atoms with Gasteiger partial charge in [-0.15, -0.1) is 11.3 Å². The van der Waals surface area contributed by atoms with Gasteiger partial charge in [-0.05, 0) is 98.1 Å². The van der Waals surface area contributed by atoms with E-state index in [0.29, 0.717) is 0 Å². The molecule has 0 N–H and O–H groups in total. The molecule has 0 bridgehead atoms. The molecule has 58 heavy (non-hydrogen) atoms. The zero-order valence-electron chi connectivity index (χ0n) is 31.7. The van der Waals surface area contributed by atoms with E-state index >= 15 is 0 Å². The second-order valence-corrected chi connectivity index (χ2v) is 16.6. The minimum absolute atomic E-state index is 0.536. The fourth-order valence-corrected chi connectivity index (χ4v) is 11.7. The number of hydrogen-bond donors (Lipinski definition) is 0. The van der Waals surface area contributed by atoms with Gasteiger partial charge in [-0.25, -0.2) is 0 Å². The van der Waals surface area contributed by atoms with E-state index < -0.39 is 10.8 Å². The van der Waals surface area contributed by atoms with Crippen molar-refractivity contribution in [1.82, 2.24) is 0 Å². The first-order valence-corrected chi connectivity index (χ1v) is 20.9. The van der Waals surface area contributed by atoms with E-state index in [9.17, 15) is 0 Å². The SMILES string of the molecule is c1ccc(N(c2ccc3c(c2)C2(c4ccccc4-3)c3ccccc3C(c3ccccc3)(c3ccccc3)c3ccccc32)c2ccc3c(c2)sc2ccccc23)cc1. The van der Waals surface area contributed by atoms with Gasteiger partial charge in [-0.3, -0.25) is 0 Å². The lowest BCUT2D eigenvalue weighted by molar-refractivity contribution is 0.623. The van der Waals surface area contributed by atoms with E-state index in [1.54, 1.807) is 0 Å². The standard InChI is InChI=1S/C56H37NS/c1-4-18-38(19-5-1)55(39-20-6-2-7-21-39)48-27-13-15-29-50(48)56(51-30-16-14-28-49(51)55)47-26-12-10-24-43(47)44-34-32-41(36-52(44)56)57(40-22-8-3-9-23-40)42-33-35-46-45-25-11-17-31-53(45)58-54(46)37-42/h1-37H. The maximum atomic E-state index is 2.50. The van der Waals surface area contributed by atoms with Crippen LogP contribution < -0.4 is 4.90 Å². The third-order valence-corrected chi connectivity index (χ3v) is 13.9. The van der Waals surface area contributed by atoms with Crippen LogP contribution >= 0.6 is 11.3 Å². The molecule has 1 spiro atoms. The summed E-state index contributed by atoms with van der Waals surface area (Å²) in [5.41, 5.74) is 15.3. The normalized spacial score (nSPS) is 14.1. The van der Waals surface area contributed by atoms with Gasteiger partial charge >= 0.3 is 0 Å².